The second-order valence-corrected chi connectivity index (χ2v) is 6.98. The van der Waals surface area contributed by atoms with E-state index in [4.69, 9.17) is 16.3 Å². The Morgan fingerprint density at radius 3 is 2.59 bits per heavy atom. The predicted octanol–water partition coefficient (Wildman–Crippen LogP) is 4.66. The molecule has 0 saturated carbocycles. The number of carbonyl (C=O) groups excluding carboxylic acids is 1. The lowest BCUT2D eigenvalue weighted by Crippen LogP contribution is -2.16. The van der Waals surface area contributed by atoms with E-state index in [0.29, 0.717) is 32.8 Å². The molecular formula is C21H17ClN4O2S. The highest BCUT2D eigenvalue weighted by atomic mass is 35.5. The topological polar surface area (TPSA) is 87.9 Å². The molecule has 0 unspecified atom stereocenters. The van der Waals surface area contributed by atoms with Crippen molar-refractivity contribution >= 4 is 35.1 Å². The Morgan fingerprint density at radius 1 is 1.17 bits per heavy atom. The van der Waals surface area contributed by atoms with E-state index in [2.05, 4.69) is 21.4 Å². The molecule has 0 spiro atoms. The molecule has 0 bridgehead atoms. The normalized spacial score (nSPS) is 10.2. The fraction of sp³-hybridized carbons (Fsp3) is 0.143. The lowest BCUT2D eigenvalue weighted by atomic mass is 10.1. The fourth-order valence-electron chi connectivity index (χ4n) is 2.59. The molecule has 0 atom stereocenters. The van der Waals surface area contributed by atoms with Crippen LogP contribution >= 0.6 is 23.4 Å². The van der Waals surface area contributed by atoms with E-state index < -0.39 is 5.97 Å². The molecule has 3 rings (SSSR count). The van der Waals surface area contributed by atoms with E-state index in [1.54, 1.807) is 24.3 Å². The van der Waals surface area contributed by atoms with Crippen LogP contribution < -0.4 is 5.32 Å². The molecular weight excluding hydrogens is 408 g/mol. The van der Waals surface area contributed by atoms with E-state index >= 15 is 0 Å². The van der Waals surface area contributed by atoms with Gasteiger partial charge in [0.2, 0.25) is 0 Å². The molecule has 6 nitrogen and oxygen atoms in total. The molecule has 0 saturated heterocycles. The summed E-state index contributed by atoms with van der Waals surface area (Å²) in [5.41, 5.74) is 2.04. The van der Waals surface area contributed by atoms with Crippen LogP contribution in [-0.4, -0.2) is 35.3 Å². The summed E-state index contributed by atoms with van der Waals surface area (Å²) < 4.78 is 5.26. The van der Waals surface area contributed by atoms with Crippen LogP contribution in [0.15, 0.2) is 59.8 Å². The van der Waals surface area contributed by atoms with Gasteiger partial charge in [-0.15, -0.1) is 0 Å². The molecule has 0 amide bonds. The maximum Gasteiger partial charge on any atom is 0.339 e. The van der Waals surface area contributed by atoms with Gasteiger partial charge in [0.05, 0.1) is 22.8 Å². The first-order valence-corrected chi connectivity index (χ1v) is 10.3. The molecule has 1 heterocycles. The standard InChI is InChI=1S/C21H17ClN4O2S/c1-29-21-25-18(14-7-3-2-4-8-14)16(13-23)19(26-21)24-11-12-28-20(27)15-9-5-6-10-17(15)22/h2-10H,11-12H2,1H3,(H,24,25,26). The second-order valence-electron chi connectivity index (χ2n) is 5.80. The number of hydrogen-bond donors (Lipinski definition) is 1. The summed E-state index contributed by atoms with van der Waals surface area (Å²) in [6, 6.07) is 18.3. The maximum absolute atomic E-state index is 12.1. The van der Waals surface area contributed by atoms with Crippen LogP contribution in [0.5, 0.6) is 0 Å². The van der Waals surface area contributed by atoms with Gasteiger partial charge in [-0.25, -0.2) is 14.8 Å². The van der Waals surface area contributed by atoms with Crippen molar-refractivity contribution in [3.05, 3.63) is 70.7 Å². The van der Waals surface area contributed by atoms with E-state index in [1.165, 1.54) is 11.8 Å². The van der Waals surface area contributed by atoms with Crippen LogP contribution in [0, 0.1) is 11.3 Å². The highest BCUT2D eigenvalue weighted by Gasteiger charge is 2.16. The number of nitriles is 1. The zero-order chi connectivity index (χ0) is 20.6. The van der Waals surface area contributed by atoms with Gasteiger partial charge in [0.25, 0.3) is 0 Å². The molecule has 0 aliphatic carbocycles. The van der Waals surface area contributed by atoms with Crippen molar-refractivity contribution in [3.63, 3.8) is 0 Å². The summed E-state index contributed by atoms with van der Waals surface area (Å²) in [6.45, 7) is 0.373. The molecule has 1 N–H and O–H groups in total. The van der Waals surface area contributed by atoms with Crippen molar-refractivity contribution in [1.29, 1.82) is 5.26 Å². The number of ether oxygens (including phenoxy) is 1. The first-order chi connectivity index (χ1) is 14.1. The Kier molecular flexibility index (Phi) is 7.06. The van der Waals surface area contributed by atoms with Gasteiger partial charge in [-0.05, 0) is 18.4 Å². The third-order valence-electron chi connectivity index (χ3n) is 3.95. The number of aromatic nitrogens is 2. The van der Waals surface area contributed by atoms with Crippen molar-refractivity contribution in [2.45, 2.75) is 5.16 Å². The zero-order valence-corrected chi connectivity index (χ0v) is 17.1. The van der Waals surface area contributed by atoms with E-state index in [-0.39, 0.29) is 13.2 Å². The van der Waals surface area contributed by atoms with Gasteiger partial charge in [0.1, 0.15) is 24.1 Å². The van der Waals surface area contributed by atoms with Crippen LogP contribution in [0.2, 0.25) is 5.02 Å². The summed E-state index contributed by atoms with van der Waals surface area (Å²) in [7, 11) is 0. The Balaban J connectivity index is 1.73. The van der Waals surface area contributed by atoms with Gasteiger partial charge < -0.3 is 10.1 Å². The summed E-state index contributed by atoms with van der Waals surface area (Å²) in [5, 5.41) is 13.6. The lowest BCUT2D eigenvalue weighted by molar-refractivity contribution is 0.0521. The van der Waals surface area contributed by atoms with E-state index in [9.17, 15) is 10.1 Å². The largest absolute Gasteiger partial charge is 0.460 e. The lowest BCUT2D eigenvalue weighted by Gasteiger charge is -2.12. The highest BCUT2D eigenvalue weighted by molar-refractivity contribution is 7.98. The van der Waals surface area contributed by atoms with Crippen molar-refractivity contribution in [1.82, 2.24) is 9.97 Å². The maximum atomic E-state index is 12.1. The SMILES string of the molecule is CSc1nc(NCCOC(=O)c2ccccc2Cl)c(C#N)c(-c2ccccc2)n1. The molecule has 2 aromatic carbocycles. The Hall–Kier alpha value is -3.08. The molecule has 29 heavy (non-hydrogen) atoms. The minimum absolute atomic E-state index is 0.0915. The number of carbonyl (C=O) groups is 1. The minimum atomic E-state index is -0.504. The van der Waals surface area contributed by atoms with Crippen LogP contribution in [0.1, 0.15) is 15.9 Å². The number of thioether (sulfide) groups is 1. The smallest absolute Gasteiger partial charge is 0.339 e. The summed E-state index contributed by atoms with van der Waals surface area (Å²) >= 11 is 7.39. The van der Waals surface area contributed by atoms with Gasteiger partial charge in [-0.2, -0.15) is 5.26 Å². The van der Waals surface area contributed by atoms with Crippen LogP contribution in [-0.2, 0) is 4.74 Å². The monoisotopic (exact) mass is 424 g/mol. The number of nitrogens with zero attached hydrogens (tertiary/aromatic N) is 3. The van der Waals surface area contributed by atoms with Crippen LogP contribution in [0.25, 0.3) is 11.3 Å². The fourth-order valence-corrected chi connectivity index (χ4v) is 3.17. The third kappa shape index (κ3) is 5.05. The molecule has 0 aliphatic rings. The van der Waals surface area contributed by atoms with Crippen molar-refractivity contribution in [2.75, 3.05) is 24.7 Å². The number of rotatable bonds is 7. The third-order valence-corrected chi connectivity index (χ3v) is 4.83. The summed E-state index contributed by atoms with van der Waals surface area (Å²) in [6.07, 6.45) is 1.87. The number of hydrogen-bond acceptors (Lipinski definition) is 7. The quantitative estimate of drug-likeness (QED) is 0.255. The average Bonchev–Trinajstić information content (AvgIpc) is 2.76. The van der Waals surface area contributed by atoms with Crippen molar-refractivity contribution in [2.24, 2.45) is 0 Å². The Bertz CT molecular complexity index is 1050. The number of halogens is 1. The van der Waals surface area contributed by atoms with Gasteiger partial charge in [-0.3, -0.25) is 0 Å². The number of nitrogens with one attached hydrogen (secondary N) is 1. The molecule has 1 aromatic heterocycles. The van der Waals surface area contributed by atoms with Crippen molar-refractivity contribution < 1.29 is 9.53 Å². The highest BCUT2D eigenvalue weighted by Crippen LogP contribution is 2.28. The minimum Gasteiger partial charge on any atom is -0.460 e. The van der Waals surface area contributed by atoms with Gasteiger partial charge in [0.15, 0.2) is 5.16 Å². The van der Waals surface area contributed by atoms with Crippen LogP contribution in [0.3, 0.4) is 0 Å². The average molecular weight is 425 g/mol. The second kappa shape index (κ2) is 9.92. The van der Waals surface area contributed by atoms with E-state index in [0.717, 1.165) is 5.56 Å². The Morgan fingerprint density at radius 2 is 1.90 bits per heavy atom. The molecule has 0 fully saturated rings. The molecule has 3 aromatic rings. The molecule has 0 aliphatic heterocycles. The van der Waals surface area contributed by atoms with Crippen molar-refractivity contribution in [3.8, 4) is 17.3 Å². The van der Waals surface area contributed by atoms with Crippen LogP contribution in [0.4, 0.5) is 5.82 Å². The van der Waals surface area contributed by atoms with Gasteiger partial charge >= 0.3 is 5.97 Å². The predicted molar refractivity (Wildman–Crippen MR) is 114 cm³/mol. The summed E-state index contributed by atoms with van der Waals surface area (Å²) in [4.78, 5) is 21.0. The molecule has 8 heteroatoms. The number of benzene rings is 2. The van der Waals surface area contributed by atoms with Gasteiger partial charge in [0, 0.05) is 5.56 Å². The first-order valence-electron chi connectivity index (χ1n) is 8.71. The first kappa shape index (κ1) is 20.6. The summed E-state index contributed by atoms with van der Waals surface area (Å²) in [5.74, 6) is -0.102. The number of esters is 1. The molecule has 0 radical (unpaired) electrons. The van der Waals surface area contributed by atoms with Gasteiger partial charge in [-0.1, -0.05) is 65.8 Å². The number of anilines is 1. The molecule has 146 valence electrons. The zero-order valence-electron chi connectivity index (χ0n) is 15.6. The van der Waals surface area contributed by atoms with E-state index in [1.807, 2.05) is 36.6 Å². The Labute approximate surface area is 177 Å².